The largest absolute Gasteiger partial charge is 0.417 e. The number of carbonyl (C=O) groups is 2. The zero-order valence-corrected chi connectivity index (χ0v) is 16.9. The minimum Gasteiger partial charge on any atom is -0.410 e. The molecule has 1 N–H and O–H groups in total. The van der Waals surface area contributed by atoms with Crippen LogP contribution in [0.4, 0.5) is 14.9 Å². The highest BCUT2D eigenvalue weighted by Crippen LogP contribution is 2.34. The molecule has 152 valence electrons. The molecule has 0 radical (unpaired) electrons. The Balaban J connectivity index is 1.57. The van der Waals surface area contributed by atoms with Gasteiger partial charge in [0.25, 0.3) is 5.91 Å². The molecular weight excluding hydrogens is 407 g/mol. The summed E-state index contributed by atoms with van der Waals surface area (Å²) in [5, 5.41) is 2.64. The number of halogens is 2. The molecule has 0 bridgehead atoms. The molecule has 1 aliphatic rings. The van der Waals surface area contributed by atoms with Crippen molar-refractivity contribution in [3.05, 3.63) is 82.6 Å². The van der Waals surface area contributed by atoms with Gasteiger partial charge in [-0.05, 0) is 47.9 Å². The van der Waals surface area contributed by atoms with Crippen LogP contribution in [-0.2, 0) is 6.42 Å². The molecule has 0 fully saturated rings. The molecule has 4 rings (SSSR count). The highest BCUT2D eigenvalue weighted by molar-refractivity contribution is 6.33. The first-order valence-corrected chi connectivity index (χ1v) is 9.72. The lowest BCUT2D eigenvalue weighted by Gasteiger charge is -2.25. The van der Waals surface area contributed by atoms with Crippen molar-refractivity contribution in [2.45, 2.75) is 6.42 Å². The van der Waals surface area contributed by atoms with Crippen LogP contribution in [0.1, 0.15) is 15.9 Å². The minimum atomic E-state index is -0.819. The topological polar surface area (TPSA) is 58.6 Å². The fourth-order valence-corrected chi connectivity index (χ4v) is 3.64. The number of hydrogen-bond donors (Lipinski definition) is 1. The first kappa shape index (κ1) is 19.9. The van der Waals surface area contributed by atoms with Gasteiger partial charge >= 0.3 is 6.09 Å². The molecule has 0 aromatic heterocycles. The van der Waals surface area contributed by atoms with Crippen LogP contribution in [0.2, 0.25) is 5.02 Å². The van der Waals surface area contributed by atoms with Gasteiger partial charge in [0.05, 0.1) is 10.7 Å². The summed E-state index contributed by atoms with van der Waals surface area (Å²) in [6, 6.07) is 16.4. The van der Waals surface area contributed by atoms with E-state index in [1.807, 2.05) is 6.07 Å². The lowest BCUT2D eigenvalue weighted by molar-refractivity contribution is 0.0781. The van der Waals surface area contributed by atoms with Crippen LogP contribution in [0.25, 0.3) is 11.1 Å². The first-order valence-electron chi connectivity index (χ1n) is 9.34. The van der Waals surface area contributed by atoms with Crippen LogP contribution < -0.4 is 10.1 Å². The summed E-state index contributed by atoms with van der Waals surface area (Å²) >= 11 is 6.38. The van der Waals surface area contributed by atoms with Crippen molar-refractivity contribution in [1.82, 2.24) is 4.90 Å². The van der Waals surface area contributed by atoms with Crippen LogP contribution in [0.15, 0.2) is 60.7 Å². The molecule has 7 heteroatoms. The number of nitrogens with zero attached hydrogens (tertiary/aromatic N) is 1. The summed E-state index contributed by atoms with van der Waals surface area (Å²) in [6.07, 6.45) is -0.100. The van der Waals surface area contributed by atoms with Crippen LogP contribution in [-0.4, -0.2) is 30.5 Å². The maximum atomic E-state index is 14.7. The number of fused-ring (bicyclic) bond motifs is 1. The summed E-state index contributed by atoms with van der Waals surface area (Å²) in [6.45, 7) is 0.629. The third kappa shape index (κ3) is 4.00. The minimum absolute atomic E-state index is 0.0310. The van der Waals surface area contributed by atoms with Crippen LogP contribution in [0.5, 0.6) is 5.75 Å². The second-order valence-electron chi connectivity index (χ2n) is 6.99. The number of likely N-dealkylation sites (N-methyl/N-ethyl adjacent to an activating group) is 1. The molecule has 1 heterocycles. The quantitative estimate of drug-likeness (QED) is 0.613. The third-order valence-corrected chi connectivity index (χ3v) is 5.27. The summed E-state index contributed by atoms with van der Waals surface area (Å²) in [7, 11) is 1.76. The van der Waals surface area contributed by atoms with Gasteiger partial charge in [0.15, 0.2) is 0 Å². The third-order valence-electron chi connectivity index (χ3n) is 4.96. The summed E-state index contributed by atoms with van der Waals surface area (Å²) < 4.78 is 19.8. The molecule has 3 aromatic carbocycles. The Morgan fingerprint density at radius 2 is 1.87 bits per heavy atom. The van der Waals surface area contributed by atoms with E-state index in [-0.39, 0.29) is 16.6 Å². The van der Waals surface area contributed by atoms with Crippen molar-refractivity contribution < 1.29 is 18.7 Å². The van der Waals surface area contributed by atoms with Gasteiger partial charge in [0, 0.05) is 24.7 Å². The number of nitrogens with one attached hydrogen (secondary N) is 1. The predicted octanol–water partition coefficient (Wildman–Crippen LogP) is 5.39. The van der Waals surface area contributed by atoms with Crippen LogP contribution in [0, 0.1) is 5.82 Å². The predicted molar refractivity (Wildman–Crippen MR) is 114 cm³/mol. The summed E-state index contributed by atoms with van der Waals surface area (Å²) in [5.41, 5.74) is 2.64. The van der Waals surface area contributed by atoms with E-state index in [0.717, 1.165) is 12.0 Å². The first-order chi connectivity index (χ1) is 14.4. The number of benzene rings is 3. The van der Waals surface area contributed by atoms with E-state index >= 15 is 0 Å². The number of carbonyl (C=O) groups excluding carboxylic acids is 2. The zero-order chi connectivity index (χ0) is 21.3. The maximum Gasteiger partial charge on any atom is 0.417 e. The number of rotatable bonds is 3. The van der Waals surface area contributed by atoms with Crippen molar-refractivity contribution in [1.29, 1.82) is 0 Å². The Morgan fingerprint density at radius 1 is 1.10 bits per heavy atom. The average molecular weight is 425 g/mol. The molecule has 5 nitrogen and oxygen atoms in total. The second-order valence-corrected chi connectivity index (χ2v) is 7.40. The standard InChI is InChI=1S/C23H18ClFN2O3/c1-27-10-9-15-11-14(7-8-17(15)22(27)28)18-12-20(25)21(13-19(18)24)26-23(29)30-16-5-3-2-4-6-16/h2-8,11-13H,9-10H2,1H3,(H,26,29). The van der Waals surface area contributed by atoms with E-state index in [4.69, 9.17) is 16.3 Å². The molecule has 0 aliphatic carbocycles. The molecular formula is C23H18ClFN2O3. The van der Waals surface area contributed by atoms with Gasteiger partial charge in [-0.15, -0.1) is 0 Å². The highest BCUT2D eigenvalue weighted by Gasteiger charge is 2.22. The van der Waals surface area contributed by atoms with E-state index < -0.39 is 11.9 Å². The fourth-order valence-electron chi connectivity index (χ4n) is 3.37. The lowest BCUT2D eigenvalue weighted by atomic mass is 9.94. The molecule has 3 aromatic rings. The molecule has 0 unspecified atom stereocenters. The van der Waals surface area contributed by atoms with Crippen molar-refractivity contribution in [2.24, 2.45) is 0 Å². The molecule has 0 saturated heterocycles. The zero-order valence-electron chi connectivity index (χ0n) is 16.1. The van der Waals surface area contributed by atoms with Gasteiger partial charge in [-0.1, -0.05) is 41.9 Å². The number of amides is 2. The van der Waals surface area contributed by atoms with Crippen molar-refractivity contribution >= 4 is 29.3 Å². The summed E-state index contributed by atoms with van der Waals surface area (Å²) in [5.74, 6) is -0.336. The van der Waals surface area contributed by atoms with E-state index in [0.29, 0.717) is 29.0 Å². The monoisotopic (exact) mass is 424 g/mol. The molecule has 0 saturated carbocycles. The lowest BCUT2D eigenvalue weighted by Crippen LogP contribution is -2.34. The number of ether oxygens (including phenoxy) is 1. The maximum absolute atomic E-state index is 14.7. The molecule has 0 atom stereocenters. The van der Waals surface area contributed by atoms with Crippen LogP contribution in [0.3, 0.4) is 0 Å². The van der Waals surface area contributed by atoms with Gasteiger partial charge in [-0.3, -0.25) is 10.1 Å². The molecule has 0 spiro atoms. The smallest absolute Gasteiger partial charge is 0.410 e. The van der Waals surface area contributed by atoms with E-state index in [2.05, 4.69) is 5.32 Å². The van der Waals surface area contributed by atoms with Gasteiger partial charge in [0.2, 0.25) is 0 Å². The van der Waals surface area contributed by atoms with E-state index in [9.17, 15) is 14.0 Å². The number of para-hydroxylation sites is 1. The molecule has 30 heavy (non-hydrogen) atoms. The summed E-state index contributed by atoms with van der Waals surface area (Å²) in [4.78, 5) is 26.0. The normalized spacial score (nSPS) is 13.0. The van der Waals surface area contributed by atoms with E-state index in [1.165, 1.54) is 12.1 Å². The molecule has 1 aliphatic heterocycles. The highest BCUT2D eigenvalue weighted by atomic mass is 35.5. The number of hydrogen-bond acceptors (Lipinski definition) is 3. The van der Waals surface area contributed by atoms with Gasteiger partial charge in [0.1, 0.15) is 11.6 Å². The molecule has 2 amide bonds. The Bertz CT molecular complexity index is 1130. The van der Waals surface area contributed by atoms with Gasteiger partial charge in [-0.2, -0.15) is 0 Å². The SMILES string of the molecule is CN1CCc2cc(-c3cc(F)c(NC(=O)Oc4ccccc4)cc3Cl)ccc2C1=O. The number of anilines is 1. The second kappa shape index (κ2) is 8.16. The Labute approximate surface area is 178 Å². The van der Waals surface area contributed by atoms with Crippen molar-refractivity contribution in [3.8, 4) is 16.9 Å². The van der Waals surface area contributed by atoms with E-state index in [1.54, 1.807) is 54.4 Å². The van der Waals surface area contributed by atoms with Crippen molar-refractivity contribution in [2.75, 3.05) is 18.9 Å². The van der Waals surface area contributed by atoms with Crippen molar-refractivity contribution in [3.63, 3.8) is 0 Å². The average Bonchev–Trinajstić information content (AvgIpc) is 2.73. The van der Waals surface area contributed by atoms with Crippen LogP contribution >= 0.6 is 11.6 Å². The Hall–Kier alpha value is -3.38. The van der Waals surface area contributed by atoms with Gasteiger partial charge < -0.3 is 9.64 Å². The van der Waals surface area contributed by atoms with Gasteiger partial charge in [-0.25, -0.2) is 9.18 Å². The Morgan fingerprint density at radius 3 is 2.63 bits per heavy atom. The fraction of sp³-hybridized carbons (Fsp3) is 0.130. The Kier molecular flexibility index (Phi) is 5.42.